The second kappa shape index (κ2) is 4.56. The fraction of sp³-hybridized carbons (Fsp3) is 0.667. The van der Waals surface area contributed by atoms with Crippen LogP contribution < -0.4 is 5.32 Å². The normalized spacial score (nSPS) is 38.9. The third kappa shape index (κ3) is 1.77. The van der Waals surface area contributed by atoms with Crippen LogP contribution in [0.15, 0.2) is 18.2 Å². The number of nitrogens with one attached hydrogen (secondary N) is 1. The van der Waals surface area contributed by atoms with Crippen molar-refractivity contribution in [3.63, 3.8) is 0 Å². The van der Waals surface area contributed by atoms with Gasteiger partial charge in [0.05, 0.1) is 0 Å². The lowest BCUT2D eigenvalue weighted by atomic mass is 9.90. The summed E-state index contributed by atoms with van der Waals surface area (Å²) in [5.41, 5.74) is 2.43. The van der Waals surface area contributed by atoms with Gasteiger partial charge < -0.3 is 5.32 Å². The Morgan fingerprint density at radius 3 is 2.60 bits per heavy atom. The minimum absolute atomic E-state index is 0.0951. The van der Waals surface area contributed by atoms with Gasteiger partial charge in [-0.05, 0) is 85.6 Å². The zero-order valence-corrected chi connectivity index (χ0v) is 12.4. The summed E-state index contributed by atoms with van der Waals surface area (Å²) in [4.78, 5) is 0. The van der Waals surface area contributed by atoms with E-state index in [1.165, 1.54) is 30.4 Å². The second-order valence-corrected chi connectivity index (χ2v) is 7.10. The molecule has 0 radical (unpaired) electrons. The van der Waals surface area contributed by atoms with E-state index >= 15 is 0 Å². The molecule has 5 atom stereocenters. The van der Waals surface area contributed by atoms with Gasteiger partial charge in [0.15, 0.2) is 0 Å². The molecular formula is C18H24FN. The molecule has 3 saturated carbocycles. The van der Waals surface area contributed by atoms with E-state index in [9.17, 15) is 4.39 Å². The van der Waals surface area contributed by atoms with Crippen molar-refractivity contribution in [1.82, 2.24) is 5.32 Å². The number of benzene rings is 1. The number of hydrogen-bond donors (Lipinski definition) is 1. The minimum Gasteiger partial charge on any atom is -0.310 e. The Labute approximate surface area is 121 Å². The topological polar surface area (TPSA) is 12.0 Å². The van der Waals surface area contributed by atoms with Gasteiger partial charge in [0.25, 0.3) is 0 Å². The molecular weight excluding hydrogens is 249 g/mol. The van der Waals surface area contributed by atoms with Crippen LogP contribution in [0.1, 0.15) is 43.4 Å². The monoisotopic (exact) mass is 273 g/mol. The highest BCUT2D eigenvalue weighted by Crippen LogP contribution is 2.72. The summed E-state index contributed by atoms with van der Waals surface area (Å²) in [6.07, 6.45) is 4.37. The van der Waals surface area contributed by atoms with Gasteiger partial charge in [-0.1, -0.05) is 13.0 Å². The fourth-order valence-electron chi connectivity index (χ4n) is 5.46. The fourth-order valence-corrected chi connectivity index (χ4v) is 5.46. The van der Waals surface area contributed by atoms with Gasteiger partial charge in [-0.25, -0.2) is 4.39 Å². The molecule has 1 aromatic carbocycles. The molecule has 1 aromatic rings. The highest BCUT2D eigenvalue weighted by atomic mass is 19.1. The molecule has 0 aromatic heterocycles. The van der Waals surface area contributed by atoms with Crippen molar-refractivity contribution in [1.29, 1.82) is 0 Å². The standard InChI is InChI=1S/C18H24FN/c1-3-20-18(14-9-13(19)7-4-10(14)2)17-15-11-5-6-12(8-11)16(15)17/h4,7,9,11-12,15-18,20H,3,5-6,8H2,1-2H3. The maximum Gasteiger partial charge on any atom is 0.123 e. The number of hydrogen-bond acceptors (Lipinski definition) is 1. The highest BCUT2D eigenvalue weighted by molar-refractivity contribution is 5.33. The molecule has 1 N–H and O–H groups in total. The Bertz CT molecular complexity index is 510. The summed E-state index contributed by atoms with van der Waals surface area (Å²) in [6, 6.07) is 5.65. The van der Waals surface area contributed by atoms with Crippen LogP contribution in [0, 0.1) is 42.3 Å². The molecule has 3 fully saturated rings. The molecule has 108 valence electrons. The summed E-state index contributed by atoms with van der Waals surface area (Å²) < 4.78 is 13.7. The number of aryl methyl sites for hydroxylation is 1. The first-order chi connectivity index (χ1) is 9.70. The Balaban J connectivity index is 1.64. The lowest BCUT2D eigenvalue weighted by molar-refractivity contribution is 0.373. The van der Waals surface area contributed by atoms with E-state index in [2.05, 4.69) is 19.2 Å². The number of fused-ring (bicyclic) bond motifs is 5. The molecule has 1 nitrogen and oxygen atoms in total. The van der Waals surface area contributed by atoms with Crippen LogP contribution >= 0.6 is 0 Å². The Morgan fingerprint density at radius 2 is 1.95 bits per heavy atom. The van der Waals surface area contributed by atoms with Crippen LogP contribution in [0.2, 0.25) is 0 Å². The Kier molecular flexibility index (Phi) is 2.92. The quantitative estimate of drug-likeness (QED) is 0.871. The molecule has 5 unspecified atom stereocenters. The van der Waals surface area contributed by atoms with E-state index in [0.29, 0.717) is 6.04 Å². The maximum atomic E-state index is 13.7. The average Bonchev–Trinajstić information content (AvgIpc) is 2.86. The molecule has 0 amide bonds. The first-order valence-corrected chi connectivity index (χ1v) is 8.20. The largest absolute Gasteiger partial charge is 0.310 e. The summed E-state index contributed by atoms with van der Waals surface area (Å²) >= 11 is 0. The van der Waals surface area contributed by atoms with Gasteiger partial charge in [-0.2, -0.15) is 0 Å². The molecule has 2 bridgehead atoms. The minimum atomic E-state index is -0.0951. The van der Waals surface area contributed by atoms with Crippen LogP contribution in [0.25, 0.3) is 0 Å². The predicted octanol–water partition coefficient (Wildman–Crippen LogP) is 4.08. The Morgan fingerprint density at radius 1 is 1.25 bits per heavy atom. The molecule has 3 aliphatic rings. The van der Waals surface area contributed by atoms with Crippen molar-refractivity contribution in [3.05, 3.63) is 35.1 Å². The van der Waals surface area contributed by atoms with Crippen LogP contribution in [0.5, 0.6) is 0 Å². The zero-order chi connectivity index (χ0) is 13.9. The van der Waals surface area contributed by atoms with Crippen molar-refractivity contribution in [2.24, 2.45) is 29.6 Å². The number of halogens is 1. The highest BCUT2D eigenvalue weighted by Gasteiger charge is 2.66. The van der Waals surface area contributed by atoms with Crippen molar-refractivity contribution < 1.29 is 4.39 Å². The van der Waals surface area contributed by atoms with Gasteiger partial charge in [0, 0.05) is 6.04 Å². The summed E-state index contributed by atoms with van der Waals surface area (Å²) in [6.45, 7) is 5.24. The lowest BCUT2D eigenvalue weighted by Gasteiger charge is -2.23. The third-order valence-electron chi connectivity index (χ3n) is 6.18. The van der Waals surface area contributed by atoms with Gasteiger partial charge in [-0.3, -0.25) is 0 Å². The van der Waals surface area contributed by atoms with Crippen LogP contribution in [-0.2, 0) is 0 Å². The van der Waals surface area contributed by atoms with E-state index in [1.54, 1.807) is 12.1 Å². The molecule has 0 saturated heterocycles. The summed E-state index contributed by atoms with van der Waals surface area (Å²) in [5.74, 6) is 4.49. The lowest BCUT2D eigenvalue weighted by Crippen LogP contribution is -2.26. The zero-order valence-electron chi connectivity index (χ0n) is 12.4. The molecule has 2 heteroatoms. The van der Waals surface area contributed by atoms with E-state index in [-0.39, 0.29) is 5.82 Å². The Hall–Kier alpha value is -0.890. The van der Waals surface area contributed by atoms with Crippen molar-refractivity contribution in [2.45, 2.75) is 39.2 Å². The number of rotatable bonds is 4. The smallest absolute Gasteiger partial charge is 0.123 e. The second-order valence-electron chi connectivity index (χ2n) is 7.10. The first kappa shape index (κ1) is 12.8. The van der Waals surface area contributed by atoms with Gasteiger partial charge >= 0.3 is 0 Å². The molecule has 0 aliphatic heterocycles. The van der Waals surface area contributed by atoms with Crippen LogP contribution in [-0.4, -0.2) is 6.54 Å². The van der Waals surface area contributed by atoms with E-state index in [1.807, 2.05) is 6.07 Å². The van der Waals surface area contributed by atoms with Gasteiger partial charge in [-0.15, -0.1) is 0 Å². The van der Waals surface area contributed by atoms with Crippen LogP contribution in [0.3, 0.4) is 0 Å². The van der Waals surface area contributed by atoms with Crippen LogP contribution in [0.4, 0.5) is 4.39 Å². The SMILES string of the molecule is CCNC(c1cc(F)ccc1C)C1C2C3CCC(C3)C21. The van der Waals surface area contributed by atoms with Crippen molar-refractivity contribution in [3.8, 4) is 0 Å². The molecule has 0 spiro atoms. The van der Waals surface area contributed by atoms with Crippen molar-refractivity contribution in [2.75, 3.05) is 6.54 Å². The maximum absolute atomic E-state index is 13.7. The van der Waals surface area contributed by atoms with E-state index in [0.717, 1.165) is 36.1 Å². The third-order valence-corrected chi connectivity index (χ3v) is 6.18. The summed E-state index contributed by atoms with van der Waals surface area (Å²) in [5, 5.41) is 3.66. The van der Waals surface area contributed by atoms with Gasteiger partial charge in [0.2, 0.25) is 0 Å². The molecule has 0 heterocycles. The van der Waals surface area contributed by atoms with Crippen molar-refractivity contribution >= 4 is 0 Å². The molecule has 4 rings (SSSR count). The average molecular weight is 273 g/mol. The molecule has 20 heavy (non-hydrogen) atoms. The first-order valence-electron chi connectivity index (χ1n) is 8.20. The van der Waals surface area contributed by atoms with E-state index in [4.69, 9.17) is 0 Å². The van der Waals surface area contributed by atoms with E-state index < -0.39 is 0 Å². The molecule has 3 aliphatic carbocycles. The van der Waals surface area contributed by atoms with Gasteiger partial charge in [0.1, 0.15) is 5.82 Å². The summed E-state index contributed by atoms with van der Waals surface area (Å²) in [7, 11) is 0. The predicted molar refractivity (Wildman–Crippen MR) is 78.9 cm³/mol.